The summed E-state index contributed by atoms with van der Waals surface area (Å²) in [6.45, 7) is 5.19. The summed E-state index contributed by atoms with van der Waals surface area (Å²) in [6, 6.07) is 7.85. The molecule has 0 unspecified atom stereocenters. The van der Waals surface area contributed by atoms with E-state index in [1.165, 1.54) is 0 Å². The van der Waals surface area contributed by atoms with Gasteiger partial charge >= 0.3 is 0 Å². The minimum absolute atomic E-state index is 0.0787. The molecule has 0 aromatic carbocycles. The summed E-state index contributed by atoms with van der Waals surface area (Å²) in [5.74, 6) is 0.157. The number of pyridine rings is 2. The third kappa shape index (κ3) is 4.80. The van der Waals surface area contributed by atoms with Gasteiger partial charge in [-0.2, -0.15) is 0 Å². The molecule has 176 valence electrons. The summed E-state index contributed by atoms with van der Waals surface area (Å²) in [6.07, 6.45) is 14.8. The Morgan fingerprint density at radius 2 is 1.18 bits per heavy atom. The maximum Gasteiger partial charge on any atom is 0.230 e. The second-order valence-electron chi connectivity index (χ2n) is 10.6. The predicted molar refractivity (Wildman–Crippen MR) is 129 cm³/mol. The van der Waals surface area contributed by atoms with Gasteiger partial charge in [-0.15, -0.1) is 0 Å². The summed E-state index contributed by atoms with van der Waals surface area (Å²) in [7, 11) is 0. The van der Waals surface area contributed by atoms with Crippen LogP contribution < -0.4 is 10.6 Å². The molecular formula is C27H36N4O2. The molecule has 2 aliphatic carbocycles. The number of amides is 2. The zero-order valence-electron chi connectivity index (χ0n) is 19.9. The van der Waals surface area contributed by atoms with E-state index in [0.717, 1.165) is 62.5 Å². The first-order valence-corrected chi connectivity index (χ1v) is 12.3. The maximum absolute atomic E-state index is 13.4. The molecule has 0 aliphatic heterocycles. The minimum Gasteiger partial charge on any atom is -0.355 e. The van der Waals surface area contributed by atoms with Crippen LogP contribution in [0, 0.1) is 5.41 Å². The van der Waals surface area contributed by atoms with Crippen molar-refractivity contribution in [3.05, 3.63) is 60.2 Å². The fraction of sp³-hybridized carbons (Fsp3) is 0.556. The SMILES string of the molecule is CC(C)(CNC(=O)C1(c2cccnc2)CCCC1)CNC(=O)C1(c2cccnc2)CCCC1. The first kappa shape index (κ1) is 23.4. The van der Waals surface area contributed by atoms with Gasteiger partial charge in [0.15, 0.2) is 0 Å². The normalized spacial score (nSPS) is 19.2. The highest BCUT2D eigenvalue weighted by atomic mass is 16.2. The van der Waals surface area contributed by atoms with E-state index in [4.69, 9.17) is 0 Å². The Kier molecular flexibility index (Phi) is 6.82. The van der Waals surface area contributed by atoms with Gasteiger partial charge in [-0.3, -0.25) is 19.6 Å². The monoisotopic (exact) mass is 448 g/mol. The van der Waals surface area contributed by atoms with Gasteiger partial charge < -0.3 is 10.6 Å². The fourth-order valence-corrected chi connectivity index (χ4v) is 5.58. The van der Waals surface area contributed by atoms with Gasteiger partial charge in [0, 0.05) is 37.9 Å². The van der Waals surface area contributed by atoms with Crippen molar-refractivity contribution in [1.82, 2.24) is 20.6 Å². The Bertz CT molecular complexity index is 869. The molecule has 2 aromatic rings. The zero-order chi connectivity index (χ0) is 23.4. The van der Waals surface area contributed by atoms with Crippen LogP contribution in [0.3, 0.4) is 0 Å². The van der Waals surface area contributed by atoms with Crippen LogP contribution in [0.5, 0.6) is 0 Å². The van der Waals surface area contributed by atoms with E-state index in [0.29, 0.717) is 13.1 Å². The smallest absolute Gasteiger partial charge is 0.230 e. The second-order valence-corrected chi connectivity index (χ2v) is 10.6. The van der Waals surface area contributed by atoms with Gasteiger partial charge in [0.2, 0.25) is 11.8 Å². The highest BCUT2D eigenvalue weighted by Gasteiger charge is 2.44. The molecule has 2 heterocycles. The number of carbonyl (C=O) groups is 2. The van der Waals surface area contributed by atoms with Crippen molar-refractivity contribution < 1.29 is 9.59 Å². The number of carbonyl (C=O) groups excluding carboxylic acids is 2. The lowest BCUT2D eigenvalue weighted by molar-refractivity contribution is -0.127. The molecule has 6 nitrogen and oxygen atoms in total. The molecule has 33 heavy (non-hydrogen) atoms. The van der Waals surface area contributed by atoms with E-state index in [9.17, 15) is 9.59 Å². The lowest BCUT2D eigenvalue weighted by Gasteiger charge is -2.33. The first-order chi connectivity index (χ1) is 15.9. The molecule has 2 saturated carbocycles. The highest BCUT2D eigenvalue weighted by Crippen LogP contribution is 2.42. The van der Waals surface area contributed by atoms with Crippen LogP contribution in [-0.4, -0.2) is 34.9 Å². The van der Waals surface area contributed by atoms with Crippen LogP contribution in [0.2, 0.25) is 0 Å². The molecule has 2 aliphatic rings. The topological polar surface area (TPSA) is 84.0 Å². The third-order valence-corrected chi connectivity index (χ3v) is 7.67. The second kappa shape index (κ2) is 9.62. The van der Waals surface area contributed by atoms with Gasteiger partial charge in [0.05, 0.1) is 10.8 Å². The molecule has 4 rings (SSSR count). The standard InChI is InChI=1S/C27H36N4O2/c1-25(2,19-30-23(32)26(11-3-4-12-26)21-9-7-15-28-17-21)20-31-24(33)27(13-5-6-14-27)22-10-8-16-29-18-22/h7-10,15-18H,3-6,11-14,19-20H2,1-2H3,(H,30,32)(H,31,33). The molecule has 2 N–H and O–H groups in total. The number of hydrogen-bond donors (Lipinski definition) is 2. The average Bonchev–Trinajstić information content (AvgIpc) is 3.54. The van der Waals surface area contributed by atoms with E-state index < -0.39 is 10.8 Å². The van der Waals surface area contributed by atoms with Crippen LogP contribution in [0.4, 0.5) is 0 Å². The Morgan fingerprint density at radius 1 is 0.788 bits per heavy atom. The van der Waals surface area contributed by atoms with Crippen LogP contribution in [-0.2, 0) is 20.4 Å². The Balaban J connectivity index is 1.38. The van der Waals surface area contributed by atoms with Crippen molar-refractivity contribution in [1.29, 1.82) is 0 Å². The minimum atomic E-state index is -0.484. The molecule has 0 bridgehead atoms. The van der Waals surface area contributed by atoms with Gasteiger partial charge in [0.1, 0.15) is 0 Å². The summed E-state index contributed by atoms with van der Waals surface area (Å²) in [5, 5.41) is 6.42. The van der Waals surface area contributed by atoms with Crippen molar-refractivity contribution in [3.8, 4) is 0 Å². The van der Waals surface area contributed by atoms with Crippen LogP contribution in [0.25, 0.3) is 0 Å². The van der Waals surface area contributed by atoms with E-state index in [-0.39, 0.29) is 17.2 Å². The first-order valence-electron chi connectivity index (χ1n) is 12.3. The van der Waals surface area contributed by atoms with E-state index in [1.54, 1.807) is 12.4 Å². The summed E-state index contributed by atoms with van der Waals surface area (Å²) >= 11 is 0. The van der Waals surface area contributed by atoms with E-state index in [2.05, 4.69) is 34.4 Å². The lowest BCUT2D eigenvalue weighted by Crippen LogP contribution is -2.50. The van der Waals surface area contributed by atoms with Gasteiger partial charge in [0.25, 0.3) is 0 Å². The molecule has 0 radical (unpaired) electrons. The number of aromatic nitrogens is 2. The van der Waals surface area contributed by atoms with Crippen LogP contribution >= 0.6 is 0 Å². The maximum atomic E-state index is 13.4. The Morgan fingerprint density at radius 3 is 1.52 bits per heavy atom. The largest absolute Gasteiger partial charge is 0.355 e. The number of hydrogen-bond acceptors (Lipinski definition) is 4. The zero-order valence-corrected chi connectivity index (χ0v) is 19.9. The van der Waals surface area contributed by atoms with Gasteiger partial charge in [-0.05, 0) is 54.4 Å². The fourth-order valence-electron chi connectivity index (χ4n) is 5.58. The van der Waals surface area contributed by atoms with E-state index >= 15 is 0 Å². The Labute approximate surface area is 197 Å². The van der Waals surface area contributed by atoms with Crippen molar-refractivity contribution in [2.24, 2.45) is 5.41 Å². The van der Waals surface area contributed by atoms with E-state index in [1.807, 2.05) is 36.7 Å². The molecule has 2 amide bonds. The molecule has 0 saturated heterocycles. The van der Waals surface area contributed by atoms with Gasteiger partial charge in [-0.25, -0.2) is 0 Å². The summed E-state index contributed by atoms with van der Waals surface area (Å²) in [4.78, 5) is 35.2. The molecule has 2 aromatic heterocycles. The Hall–Kier alpha value is -2.76. The van der Waals surface area contributed by atoms with Crippen molar-refractivity contribution in [2.45, 2.75) is 76.0 Å². The molecule has 6 heteroatoms. The number of nitrogens with zero attached hydrogens (tertiary/aromatic N) is 2. The van der Waals surface area contributed by atoms with Crippen molar-refractivity contribution in [2.75, 3.05) is 13.1 Å². The molecule has 0 spiro atoms. The number of nitrogens with one attached hydrogen (secondary N) is 2. The third-order valence-electron chi connectivity index (χ3n) is 7.67. The molecular weight excluding hydrogens is 412 g/mol. The van der Waals surface area contributed by atoms with Crippen LogP contribution in [0.15, 0.2) is 49.1 Å². The summed E-state index contributed by atoms with van der Waals surface area (Å²) in [5.41, 5.74) is 0.773. The van der Waals surface area contributed by atoms with Gasteiger partial charge in [-0.1, -0.05) is 51.7 Å². The summed E-state index contributed by atoms with van der Waals surface area (Å²) < 4.78 is 0. The van der Waals surface area contributed by atoms with Crippen LogP contribution in [0.1, 0.15) is 76.3 Å². The molecule has 0 atom stereocenters. The quantitative estimate of drug-likeness (QED) is 0.638. The number of rotatable bonds is 8. The van der Waals surface area contributed by atoms with Crippen molar-refractivity contribution >= 4 is 11.8 Å². The average molecular weight is 449 g/mol. The predicted octanol–water partition coefficient (Wildman–Crippen LogP) is 4.06. The lowest BCUT2D eigenvalue weighted by atomic mass is 9.78. The highest BCUT2D eigenvalue weighted by molar-refractivity contribution is 5.89. The van der Waals surface area contributed by atoms with Crippen molar-refractivity contribution in [3.63, 3.8) is 0 Å². The molecule has 2 fully saturated rings.